The van der Waals surface area contributed by atoms with Crippen LogP contribution in [0, 0.1) is 5.92 Å². The molecule has 3 heteroatoms. The second-order valence-corrected chi connectivity index (χ2v) is 5.55. The third-order valence-corrected chi connectivity index (χ3v) is 3.47. The van der Waals surface area contributed by atoms with Crippen molar-refractivity contribution in [3.05, 3.63) is 12.7 Å². The summed E-state index contributed by atoms with van der Waals surface area (Å²) >= 11 is 0. The SMILES string of the molecule is C=CCC(C)CB1OC(C)(C)C(C)(C)O1. The van der Waals surface area contributed by atoms with Gasteiger partial charge in [-0.2, -0.15) is 0 Å². The molecule has 0 aromatic carbocycles. The molecule has 0 radical (unpaired) electrons. The first kappa shape index (κ1) is 12.8. The Morgan fingerprint density at radius 2 is 1.67 bits per heavy atom. The van der Waals surface area contributed by atoms with Gasteiger partial charge >= 0.3 is 7.12 Å². The molecule has 1 atom stereocenters. The van der Waals surface area contributed by atoms with Gasteiger partial charge in [0.15, 0.2) is 0 Å². The van der Waals surface area contributed by atoms with Gasteiger partial charge < -0.3 is 9.31 Å². The summed E-state index contributed by atoms with van der Waals surface area (Å²) in [6.07, 6.45) is 3.92. The van der Waals surface area contributed by atoms with Crippen LogP contribution >= 0.6 is 0 Å². The minimum Gasteiger partial charge on any atom is -0.403 e. The average Bonchev–Trinajstić information content (AvgIpc) is 2.19. The number of hydrogen-bond acceptors (Lipinski definition) is 2. The van der Waals surface area contributed by atoms with Crippen molar-refractivity contribution in [2.24, 2.45) is 5.92 Å². The van der Waals surface area contributed by atoms with E-state index in [1.165, 1.54) is 0 Å². The molecule has 0 bridgehead atoms. The van der Waals surface area contributed by atoms with Crippen molar-refractivity contribution in [2.75, 3.05) is 0 Å². The van der Waals surface area contributed by atoms with Crippen molar-refractivity contribution < 1.29 is 9.31 Å². The maximum absolute atomic E-state index is 5.92. The second kappa shape index (κ2) is 4.30. The molecule has 0 amide bonds. The van der Waals surface area contributed by atoms with E-state index in [0.717, 1.165) is 12.7 Å². The molecule has 1 heterocycles. The number of rotatable bonds is 4. The van der Waals surface area contributed by atoms with E-state index in [0.29, 0.717) is 5.92 Å². The summed E-state index contributed by atoms with van der Waals surface area (Å²) in [4.78, 5) is 0. The summed E-state index contributed by atoms with van der Waals surface area (Å²) in [6, 6.07) is 0. The lowest BCUT2D eigenvalue weighted by Crippen LogP contribution is -2.41. The largest absolute Gasteiger partial charge is 0.458 e. The van der Waals surface area contributed by atoms with E-state index in [2.05, 4.69) is 41.2 Å². The molecule has 0 spiro atoms. The molecular formula is C12H23BO2. The fraction of sp³-hybridized carbons (Fsp3) is 0.833. The van der Waals surface area contributed by atoms with Crippen molar-refractivity contribution >= 4 is 7.12 Å². The lowest BCUT2D eigenvalue weighted by atomic mass is 9.77. The van der Waals surface area contributed by atoms with Crippen molar-refractivity contribution in [3.8, 4) is 0 Å². The zero-order valence-electron chi connectivity index (χ0n) is 10.7. The standard InChI is InChI=1S/C12H23BO2/c1-7-8-10(2)9-13-14-11(3,4)12(5,6)15-13/h7,10H,1,8-9H2,2-6H3. The van der Waals surface area contributed by atoms with Gasteiger partial charge in [0.25, 0.3) is 0 Å². The number of allylic oxidation sites excluding steroid dienone is 1. The Labute approximate surface area is 94.2 Å². The molecule has 0 aromatic rings. The summed E-state index contributed by atoms with van der Waals surface area (Å²) in [5.41, 5.74) is -0.406. The summed E-state index contributed by atoms with van der Waals surface area (Å²) < 4.78 is 11.8. The summed E-state index contributed by atoms with van der Waals surface area (Å²) in [5, 5.41) is 0. The van der Waals surface area contributed by atoms with Gasteiger partial charge in [-0.25, -0.2) is 0 Å². The van der Waals surface area contributed by atoms with E-state index in [9.17, 15) is 0 Å². The van der Waals surface area contributed by atoms with Crippen LogP contribution in [0.2, 0.25) is 6.32 Å². The van der Waals surface area contributed by atoms with E-state index in [4.69, 9.17) is 9.31 Å². The fourth-order valence-electron chi connectivity index (χ4n) is 1.77. The van der Waals surface area contributed by atoms with Gasteiger partial charge in [0.1, 0.15) is 0 Å². The molecule has 1 unspecified atom stereocenters. The first-order valence-corrected chi connectivity index (χ1v) is 5.75. The highest BCUT2D eigenvalue weighted by Crippen LogP contribution is 2.38. The predicted octanol–water partition coefficient (Wildman–Crippen LogP) is 3.29. The Hall–Kier alpha value is -0.275. The first-order valence-electron chi connectivity index (χ1n) is 5.75. The fourth-order valence-corrected chi connectivity index (χ4v) is 1.77. The first-order chi connectivity index (χ1) is 6.78. The second-order valence-electron chi connectivity index (χ2n) is 5.55. The zero-order valence-corrected chi connectivity index (χ0v) is 10.7. The van der Waals surface area contributed by atoms with Gasteiger partial charge in [-0.3, -0.25) is 0 Å². The quantitative estimate of drug-likeness (QED) is 0.523. The van der Waals surface area contributed by atoms with Crippen molar-refractivity contribution in [3.63, 3.8) is 0 Å². The van der Waals surface area contributed by atoms with E-state index < -0.39 is 0 Å². The monoisotopic (exact) mass is 210 g/mol. The van der Waals surface area contributed by atoms with Gasteiger partial charge in [0.05, 0.1) is 11.2 Å². The Morgan fingerprint density at radius 1 is 1.20 bits per heavy atom. The molecule has 0 saturated carbocycles. The average molecular weight is 210 g/mol. The Bertz CT molecular complexity index is 220. The molecule has 1 saturated heterocycles. The number of hydrogen-bond donors (Lipinski definition) is 0. The third kappa shape index (κ3) is 2.85. The van der Waals surface area contributed by atoms with E-state index >= 15 is 0 Å². The van der Waals surface area contributed by atoms with Crippen molar-refractivity contribution in [2.45, 2.75) is 58.6 Å². The van der Waals surface area contributed by atoms with Crippen molar-refractivity contribution in [1.82, 2.24) is 0 Å². The molecule has 15 heavy (non-hydrogen) atoms. The molecule has 86 valence electrons. The highest BCUT2D eigenvalue weighted by Gasteiger charge is 2.50. The Kier molecular flexibility index (Phi) is 3.67. The maximum Gasteiger partial charge on any atom is 0.458 e. The summed E-state index contributed by atoms with van der Waals surface area (Å²) in [6.45, 7) is 14.3. The lowest BCUT2D eigenvalue weighted by molar-refractivity contribution is 0.00578. The molecule has 0 aliphatic carbocycles. The van der Waals surface area contributed by atoms with Gasteiger partial charge in [-0.05, 0) is 46.4 Å². The van der Waals surface area contributed by atoms with Crippen molar-refractivity contribution in [1.29, 1.82) is 0 Å². The summed E-state index contributed by atoms with van der Waals surface area (Å²) in [5.74, 6) is 0.567. The third-order valence-electron chi connectivity index (χ3n) is 3.47. The minimum absolute atomic E-state index is 0.0649. The van der Waals surface area contributed by atoms with Crippen LogP contribution in [-0.4, -0.2) is 18.3 Å². The van der Waals surface area contributed by atoms with Crippen LogP contribution in [0.25, 0.3) is 0 Å². The van der Waals surface area contributed by atoms with Crippen LogP contribution in [0.1, 0.15) is 41.0 Å². The van der Waals surface area contributed by atoms with Crippen LogP contribution in [0.4, 0.5) is 0 Å². The highest BCUT2D eigenvalue weighted by molar-refractivity contribution is 6.45. The van der Waals surface area contributed by atoms with E-state index in [1.54, 1.807) is 0 Å². The topological polar surface area (TPSA) is 18.5 Å². The smallest absolute Gasteiger partial charge is 0.403 e. The highest BCUT2D eigenvalue weighted by atomic mass is 16.7. The Balaban J connectivity index is 2.52. The zero-order chi connectivity index (χ0) is 11.7. The van der Waals surface area contributed by atoms with Gasteiger partial charge in [-0.15, -0.1) is 6.58 Å². The molecular weight excluding hydrogens is 187 g/mol. The molecule has 1 aliphatic rings. The minimum atomic E-state index is -0.203. The van der Waals surface area contributed by atoms with Crippen LogP contribution < -0.4 is 0 Å². The molecule has 1 fully saturated rings. The van der Waals surface area contributed by atoms with E-state index in [-0.39, 0.29) is 18.3 Å². The Morgan fingerprint density at radius 3 is 2.07 bits per heavy atom. The predicted molar refractivity (Wildman–Crippen MR) is 64.9 cm³/mol. The van der Waals surface area contributed by atoms with Crippen LogP contribution in [0.15, 0.2) is 12.7 Å². The molecule has 1 aliphatic heterocycles. The summed E-state index contributed by atoms with van der Waals surface area (Å²) in [7, 11) is -0.0649. The van der Waals surface area contributed by atoms with Crippen LogP contribution in [-0.2, 0) is 9.31 Å². The molecule has 2 nitrogen and oxygen atoms in total. The van der Waals surface area contributed by atoms with Crippen LogP contribution in [0.5, 0.6) is 0 Å². The normalized spacial score (nSPS) is 25.3. The van der Waals surface area contributed by atoms with Gasteiger partial charge in [-0.1, -0.05) is 13.0 Å². The van der Waals surface area contributed by atoms with Gasteiger partial charge in [0, 0.05) is 0 Å². The van der Waals surface area contributed by atoms with Gasteiger partial charge in [0.2, 0.25) is 0 Å². The molecule has 0 N–H and O–H groups in total. The maximum atomic E-state index is 5.92. The van der Waals surface area contributed by atoms with Crippen LogP contribution in [0.3, 0.4) is 0 Å². The van der Waals surface area contributed by atoms with E-state index in [1.807, 2.05) is 6.08 Å². The molecule has 1 rings (SSSR count). The molecule has 0 aromatic heterocycles. The lowest BCUT2D eigenvalue weighted by Gasteiger charge is -2.32.